The van der Waals surface area contributed by atoms with Crippen molar-refractivity contribution in [3.63, 3.8) is 0 Å². The number of ether oxygens (including phenoxy) is 1. The lowest BCUT2D eigenvalue weighted by molar-refractivity contribution is 0.371. The van der Waals surface area contributed by atoms with Gasteiger partial charge in [0.25, 0.3) is 0 Å². The SMILES string of the molecule is CCCCCc1ccc(-c2cn(Cc3cc(-c4ccc(OC)cc4)no3)nn2)cc1. The highest BCUT2D eigenvalue weighted by Crippen LogP contribution is 2.23. The Hall–Kier alpha value is -3.41. The molecular formula is C24H26N4O2. The first-order valence-electron chi connectivity index (χ1n) is 10.3. The van der Waals surface area contributed by atoms with Crippen molar-refractivity contribution in [2.45, 2.75) is 39.2 Å². The van der Waals surface area contributed by atoms with E-state index in [2.05, 4.69) is 46.7 Å². The lowest BCUT2D eigenvalue weighted by Gasteiger charge is -2.02. The van der Waals surface area contributed by atoms with Crippen molar-refractivity contribution in [3.05, 3.63) is 72.1 Å². The van der Waals surface area contributed by atoms with E-state index < -0.39 is 0 Å². The van der Waals surface area contributed by atoms with Gasteiger partial charge >= 0.3 is 0 Å². The fraction of sp³-hybridized carbons (Fsp3) is 0.292. The molecule has 0 bridgehead atoms. The van der Waals surface area contributed by atoms with Crippen LogP contribution in [0.15, 0.2) is 65.3 Å². The van der Waals surface area contributed by atoms with E-state index in [1.165, 1.54) is 24.8 Å². The smallest absolute Gasteiger partial charge is 0.158 e. The second-order valence-corrected chi connectivity index (χ2v) is 7.36. The van der Waals surface area contributed by atoms with E-state index in [4.69, 9.17) is 9.26 Å². The number of methoxy groups -OCH3 is 1. The number of aromatic nitrogens is 4. The van der Waals surface area contributed by atoms with Gasteiger partial charge in [0.1, 0.15) is 23.7 Å². The Morgan fingerprint density at radius 3 is 2.40 bits per heavy atom. The molecule has 0 aliphatic heterocycles. The summed E-state index contributed by atoms with van der Waals surface area (Å²) >= 11 is 0. The number of benzene rings is 2. The number of rotatable bonds is 9. The van der Waals surface area contributed by atoms with E-state index in [0.29, 0.717) is 6.54 Å². The van der Waals surface area contributed by atoms with Gasteiger partial charge in [-0.1, -0.05) is 54.4 Å². The van der Waals surface area contributed by atoms with Crippen LogP contribution in [0.25, 0.3) is 22.5 Å². The minimum atomic E-state index is 0.477. The Morgan fingerprint density at radius 1 is 0.933 bits per heavy atom. The summed E-state index contributed by atoms with van der Waals surface area (Å²) in [6, 6.07) is 18.3. The first kappa shape index (κ1) is 19.9. The number of nitrogens with zero attached hydrogens (tertiary/aromatic N) is 4. The molecule has 0 fully saturated rings. The van der Waals surface area contributed by atoms with E-state index in [1.807, 2.05) is 36.5 Å². The summed E-state index contributed by atoms with van der Waals surface area (Å²) in [7, 11) is 1.65. The molecule has 6 nitrogen and oxygen atoms in total. The van der Waals surface area contributed by atoms with Gasteiger partial charge in [-0.3, -0.25) is 0 Å². The molecule has 0 saturated heterocycles. The van der Waals surface area contributed by atoms with Crippen molar-refractivity contribution in [2.24, 2.45) is 0 Å². The molecule has 4 rings (SSSR count). The molecule has 0 aliphatic rings. The topological polar surface area (TPSA) is 66.0 Å². The molecule has 0 unspecified atom stereocenters. The normalized spacial score (nSPS) is 11.0. The molecule has 0 N–H and O–H groups in total. The maximum Gasteiger partial charge on any atom is 0.158 e. The molecule has 0 amide bonds. The zero-order valence-electron chi connectivity index (χ0n) is 17.4. The van der Waals surface area contributed by atoms with Crippen molar-refractivity contribution in [3.8, 4) is 28.3 Å². The van der Waals surface area contributed by atoms with Crippen molar-refractivity contribution in [1.82, 2.24) is 20.2 Å². The molecule has 6 heteroatoms. The molecule has 0 atom stereocenters. The Kier molecular flexibility index (Phi) is 6.23. The summed E-state index contributed by atoms with van der Waals surface area (Å²) in [5.41, 5.74) is 5.05. The van der Waals surface area contributed by atoms with Crippen LogP contribution in [0.1, 0.15) is 37.5 Å². The monoisotopic (exact) mass is 402 g/mol. The lowest BCUT2D eigenvalue weighted by atomic mass is 10.0. The van der Waals surface area contributed by atoms with Gasteiger partial charge in [0.05, 0.1) is 13.3 Å². The van der Waals surface area contributed by atoms with Crippen LogP contribution in [0, 0.1) is 0 Å². The van der Waals surface area contributed by atoms with Crippen molar-refractivity contribution in [1.29, 1.82) is 0 Å². The molecule has 4 aromatic rings. The molecule has 0 spiro atoms. The van der Waals surface area contributed by atoms with Crippen molar-refractivity contribution in [2.75, 3.05) is 7.11 Å². The number of unbranched alkanes of at least 4 members (excludes halogenated alkanes) is 2. The Morgan fingerprint density at radius 2 is 1.67 bits per heavy atom. The molecule has 2 heterocycles. The molecule has 154 valence electrons. The molecule has 0 aliphatic carbocycles. The predicted molar refractivity (Wildman–Crippen MR) is 116 cm³/mol. The number of hydrogen-bond donors (Lipinski definition) is 0. The lowest BCUT2D eigenvalue weighted by Crippen LogP contribution is -1.98. The number of hydrogen-bond acceptors (Lipinski definition) is 5. The van der Waals surface area contributed by atoms with Crippen LogP contribution in [-0.2, 0) is 13.0 Å². The van der Waals surface area contributed by atoms with E-state index in [0.717, 1.165) is 40.4 Å². The predicted octanol–water partition coefficient (Wildman–Crippen LogP) is 5.39. The largest absolute Gasteiger partial charge is 0.497 e. The summed E-state index contributed by atoms with van der Waals surface area (Å²) in [6.07, 6.45) is 6.82. The molecule has 0 radical (unpaired) electrons. The molecule has 0 saturated carbocycles. The van der Waals surface area contributed by atoms with Crippen LogP contribution in [-0.4, -0.2) is 27.3 Å². The fourth-order valence-electron chi connectivity index (χ4n) is 3.37. The maximum atomic E-state index is 5.49. The van der Waals surface area contributed by atoms with Crippen LogP contribution in [0.2, 0.25) is 0 Å². The van der Waals surface area contributed by atoms with Crippen LogP contribution in [0.3, 0.4) is 0 Å². The highest BCUT2D eigenvalue weighted by molar-refractivity contribution is 5.60. The minimum absolute atomic E-state index is 0.477. The highest BCUT2D eigenvalue weighted by atomic mass is 16.5. The summed E-state index contributed by atoms with van der Waals surface area (Å²) in [5, 5.41) is 12.7. The summed E-state index contributed by atoms with van der Waals surface area (Å²) < 4.78 is 12.4. The minimum Gasteiger partial charge on any atom is -0.497 e. The Labute approximate surface area is 176 Å². The van der Waals surface area contributed by atoms with Crippen LogP contribution < -0.4 is 4.74 Å². The van der Waals surface area contributed by atoms with Gasteiger partial charge in [-0.05, 0) is 42.7 Å². The summed E-state index contributed by atoms with van der Waals surface area (Å²) in [5.74, 6) is 1.54. The van der Waals surface area contributed by atoms with Gasteiger partial charge < -0.3 is 9.26 Å². The average molecular weight is 402 g/mol. The van der Waals surface area contributed by atoms with Crippen molar-refractivity contribution < 1.29 is 9.26 Å². The first-order chi connectivity index (χ1) is 14.7. The Balaban J connectivity index is 1.40. The van der Waals surface area contributed by atoms with Gasteiger partial charge in [-0.15, -0.1) is 5.10 Å². The zero-order chi connectivity index (χ0) is 20.8. The third kappa shape index (κ3) is 4.76. The molecular weight excluding hydrogens is 376 g/mol. The van der Waals surface area contributed by atoms with E-state index >= 15 is 0 Å². The molecule has 2 aromatic heterocycles. The maximum absolute atomic E-state index is 5.49. The van der Waals surface area contributed by atoms with Crippen molar-refractivity contribution >= 4 is 0 Å². The molecule has 30 heavy (non-hydrogen) atoms. The van der Waals surface area contributed by atoms with Gasteiger partial charge in [0.15, 0.2) is 5.76 Å². The standard InChI is InChI=1S/C24H26N4O2/c1-3-4-5-6-18-7-9-20(10-8-18)24-17-28(27-25-24)16-22-15-23(26-30-22)19-11-13-21(29-2)14-12-19/h7-15,17H,3-6,16H2,1-2H3. The Bertz CT molecular complexity index is 1070. The van der Waals surface area contributed by atoms with Crippen LogP contribution in [0.4, 0.5) is 0 Å². The zero-order valence-corrected chi connectivity index (χ0v) is 17.4. The summed E-state index contributed by atoms with van der Waals surface area (Å²) in [6.45, 7) is 2.70. The first-order valence-corrected chi connectivity index (χ1v) is 10.3. The third-order valence-electron chi connectivity index (χ3n) is 5.12. The van der Waals surface area contributed by atoms with Gasteiger partial charge in [-0.25, -0.2) is 4.68 Å². The van der Waals surface area contributed by atoms with E-state index in [-0.39, 0.29) is 0 Å². The van der Waals surface area contributed by atoms with E-state index in [1.54, 1.807) is 11.8 Å². The quantitative estimate of drug-likeness (QED) is 0.351. The van der Waals surface area contributed by atoms with Crippen LogP contribution >= 0.6 is 0 Å². The summed E-state index contributed by atoms with van der Waals surface area (Å²) in [4.78, 5) is 0. The fourth-order valence-corrected chi connectivity index (χ4v) is 3.37. The average Bonchev–Trinajstić information content (AvgIpc) is 3.45. The highest BCUT2D eigenvalue weighted by Gasteiger charge is 2.10. The van der Waals surface area contributed by atoms with Gasteiger partial charge in [0.2, 0.25) is 0 Å². The second kappa shape index (κ2) is 9.39. The van der Waals surface area contributed by atoms with Crippen LogP contribution in [0.5, 0.6) is 5.75 Å². The molecule has 2 aromatic carbocycles. The van der Waals surface area contributed by atoms with Gasteiger partial charge in [0, 0.05) is 17.2 Å². The van der Waals surface area contributed by atoms with E-state index in [9.17, 15) is 0 Å². The second-order valence-electron chi connectivity index (χ2n) is 7.36. The number of aryl methyl sites for hydroxylation is 1. The third-order valence-corrected chi connectivity index (χ3v) is 5.12. The van der Waals surface area contributed by atoms with Gasteiger partial charge in [-0.2, -0.15) is 0 Å².